The lowest BCUT2D eigenvalue weighted by molar-refractivity contribution is -0.870. The highest BCUT2D eigenvalue weighted by atomic mass is 31.2. The van der Waals surface area contributed by atoms with Crippen LogP contribution in [-0.2, 0) is 32.7 Å². The first kappa shape index (κ1) is 71.5. The maximum Gasteiger partial charge on any atom is 0.472 e. The lowest BCUT2D eigenvalue weighted by atomic mass is 10.0. The van der Waals surface area contributed by atoms with Crippen molar-refractivity contribution in [1.29, 1.82) is 0 Å². The lowest BCUT2D eigenvalue weighted by Crippen LogP contribution is -2.37. The van der Waals surface area contributed by atoms with Crippen molar-refractivity contribution in [2.45, 2.75) is 277 Å². The van der Waals surface area contributed by atoms with Gasteiger partial charge in [-0.3, -0.25) is 18.6 Å². The van der Waals surface area contributed by atoms with Gasteiger partial charge in [-0.15, -0.1) is 0 Å². The quantitative estimate of drug-likeness (QED) is 0.0211. The number of phosphoric acid groups is 1. The molecular weight excluding hydrogens is 942 g/mol. The van der Waals surface area contributed by atoms with E-state index in [1.165, 1.54) is 167 Å². The van der Waals surface area contributed by atoms with Crippen molar-refractivity contribution in [2.75, 3.05) is 47.5 Å². The standard InChI is InChI=1S/C64H116NO8P/c1-6-8-10-12-14-16-18-20-22-24-26-27-28-29-30-31-32-33-34-35-36-37-39-40-42-44-46-48-50-52-54-56-63(66)70-60-62(61-72-74(68,69)71-59-58-65(3,4)5)73-64(67)57-55-53-51-49-47-45-43-41-38-25-23-21-19-17-15-13-11-9-7-2/h9,11,15,17,21,23-24,26,38,41,45,47,62H,6-8,10,12-14,16,18-20,22,25,27-37,39-40,42-44,46,48-61H2,1-5H3/p+1/b11-9-,17-15-,23-21-,26-24-,41-38-,47-45-. The van der Waals surface area contributed by atoms with Gasteiger partial charge >= 0.3 is 19.8 Å². The number of hydrogen-bond acceptors (Lipinski definition) is 7. The van der Waals surface area contributed by atoms with Crippen molar-refractivity contribution in [3.63, 3.8) is 0 Å². The molecule has 0 aromatic heterocycles. The Kier molecular flexibility index (Phi) is 53.3. The van der Waals surface area contributed by atoms with Crippen LogP contribution in [0.4, 0.5) is 0 Å². The first-order valence-corrected chi connectivity index (χ1v) is 32.2. The molecule has 74 heavy (non-hydrogen) atoms. The first-order valence-electron chi connectivity index (χ1n) is 30.7. The summed E-state index contributed by atoms with van der Waals surface area (Å²) in [4.78, 5) is 35.7. The second-order valence-electron chi connectivity index (χ2n) is 21.7. The van der Waals surface area contributed by atoms with Gasteiger partial charge in [0.1, 0.15) is 19.8 Å². The first-order chi connectivity index (χ1) is 36.0. The van der Waals surface area contributed by atoms with Crippen LogP contribution in [0, 0.1) is 0 Å². The topological polar surface area (TPSA) is 108 Å². The van der Waals surface area contributed by atoms with E-state index in [4.69, 9.17) is 18.5 Å². The molecule has 0 aliphatic rings. The summed E-state index contributed by atoms with van der Waals surface area (Å²) in [6, 6.07) is 0. The fourth-order valence-corrected chi connectivity index (χ4v) is 9.25. The van der Waals surface area contributed by atoms with Gasteiger partial charge in [-0.25, -0.2) is 4.57 Å². The molecule has 430 valence electrons. The van der Waals surface area contributed by atoms with E-state index in [9.17, 15) is 19.0 Å². The summed E-state index contributed by atoms with van der Waals surface area (Å²) in [5.41, 5.74) is 0. The minimum atomic E-state index is -4.40. The summed E-state index contributed by atoms with van der Waals surface area (Å²) in [7, 11) is 1.45. The van der Waals surface area contributed by atoms with Gasteiger partial charge in [0.25, 0.3) is 0 Å². The lowest BCUT2D eigenvalue weighted by Gasteiger charge is -2.24. The number of likely N-dealkylation sites (N-methyl/N-ethyl adjacent to an activating group) is 1. The molecule has 9 nitrogen and oxygen atoms in total. The van der Waals surface area contributed by atoms with E-state index in [1.54, 1.807) is 0 Å². The number of ether oxygens (including phenoxy) is 2. The molecule has 0 rings (SSSR count). The Balaban J connectivity index is 4.09. The van der Waals surface area contributed by atoms with E-state index in [2.05, 4.69) is 86.8 Å². The van der Waals surface area contributed by atoms with Gasteiger partial charge in [0, 0.05) is 12.8 Å². The molecule has 0 aliphatic heterocycles. The van der Waals surface area contributed by atoms with Gasteiger partial charge in [0.05, 0.1) is 27.7 Å². The number of unbranched alkanes of at least 4 members (excludes halogenated alkanes) is 30. The molecule has 0 aromatic carbocycles. The minimum absolute atomic E-state index is 0.0229. The molecule has 10 heteroatoms. The Bertz CT molecular complexity index is 1480. The zero-order valence-corrected chi connectivity index (χ0v) is 49.7. The van der Waals surface area contributed by atoms with Gasteiger partial charge in [-0.2, -0.15) is 0 Å². The third kappa shape index (κ3) is 58.7. The molecule has 0 amide bonds. The third-order valence-electron chi connectivity index (χ3n) is 13.2. The van der Waals surface area contributed by atoms with Gasteiger partial charge in [0.2, 0.25) is 0 Å². The summed E-state index contributed by atoms with van der Waals surface area (Å²) in [5.74, 6) is -0.830. The average molecular weight is 1060 g/mol. The summed E-state index contributed by atoms with van der Waals surface area (Å²) >= 11 is 0. The molecule has 0 spiro atoms. The van der Waals surface area contributed by atoms with Crippen LogP contribution >= 0.6 is 7.82 Å². The zero-order chi connectivity index (χ0) is 54.2. The van der Waals surface area contributed by atoms with Crippen LogP contribution < -0.4 is 0 Å². The van der Waals surface area contributed by atoms with Crippen LogP contribution in [0.3, 0.4) is 0 Å². The maximum atomic E-state index is 12.8. The highest BCUT2D eigenvalue weighted by Gasteiger charge is 2.27. The molecular formula is C64H117NO8P+. The molecule has 0 aromatic rings. The monoisotopic (exact) mass is 1060 g/mol. The van der Waals surface area contributed by atoms with Crippen LogP contribution in [0.2, 0.25) is 0 Å². The van der Waals surface area contributed by atoms with Crippen LogP contribution in [0.15, 0.2) is 72.9 Å². The van der Waals surface area contributed by atoms with Gasteiger partial charge < -0.3 is 18.9 Å². The zero-order valence-electron chi connectivity index (χ0n) is 48.8. The highest BCUT2D eigenvalue weighted by Crippen LogP contribution is 2.43. The van der Waals surface area contributed by atoms with E-state index in [-0.39, 0.29) is 32.0 Å². The van der Waals surface area contributed by atoms with Gasteiger partial charge in [0.15, 0.2) is 6.10 Å². The van der Waals surface area contributed by atoms with Crippen molar-refractivity contribution in [3.05, 3.63) is 72.9 Å². The largest absolute Gasteiger partial charge is 0.472 e. The third-order valence-corrected chi connectivity index (χ3v) is 14.2. The van der Waals surface area contributed by atoms with Crippen LogP contribution in [-0.4, -0.2) is 74.9 Å². The van der Waals surface area contributed by atoms with Crippen molar-refractivity contribution in [2.24, 2.45) is 0 Å². The summed E-state index contributed by atoms with van der Waals surface area (Å²) in [5, 5.41) is 0. The number of phosphoric ester groups is 1. The minimum Gasteiger partial charge on any atom is -0.462 e. The van der Waals surface area contributed by atoms with E-state index in [1.807, 2.05) is 21.1 Å². The fourth-order valence-electron chi connectivity index (χ4n) is 8.51. The van der Waals surface area contributed by atoms with Crippen molar-refractivity contribution < 1.29 is 42.1 Å². The number of carbonyl (C=O) groups excluding carboxylic acids is 2. The van der Waals surface area contributed by atoms with Crippen molar-refractivity contribution in [3.8, 4) is 0 Å². The number of hydrogen-bond donors (Lipinski definition) is 1. The predicted molar refractivity (Wildman–Crippen MR) is 316 cm³/mol. The summed E-state index contributed by atoms with van der Waals surface area (Å²) in [6.45, 7) is 4.30. The number of allylic oxidation sites excluding steroid dienone is 12. The molecule has 0 saturated carbocycles. The Morgan fingerprint density at radius 2 is 0.770 bits per heavy atom. The van der Waals surface area contributed by atoms with Gasteiger partial charge in [-0.1, -0.05) is 247 Å². The molecule has 0 radical (unpaired) electrons. The second kappa shape index (κ2) is 55.2. The number of quaternary nitrogens is 1. The Hall–Kier alpha value is -2.55. The fraction of sp³-hybridized carbons (Fsp3) is 0.781. The van der Waals surface area contributed by atoms with Crippen LogP contribution in [0.25, 0.3) is 0 Å². The molecule has 2 unspecified atom stereocenters. The van der Waals surface area contributed by atoms with E-state index >= 15 is 0 Å². The van der Waals surface area contributed by atoms with Crippen molar-refractivity contribution >= 4 is 19.8 Å². The molecule has 2 atom stereocenters. The van der Waals surface area contributed by atoms with E-state index < -0.39 is 26.5 Å². The number of esters is 2. The highest BCUT2D eigenvalue weighted by molar-refractivity contribution is 7.47. The predicted octanol–water partition coefficient (Wildman–Crippen LogP) is 19.3. The number of rotatable bonds is 56. The maximum absolute atomic E-state index is 12.8. The number of carbonyl (C=O) groups is 2. The van der Waals surface area contributed by atoms with Gasteiger partial charge in [-0.05, 0) is 83.5 Å². The Labute approximate surface area is 457 Å². The molecule has 0 aliphatic carbocycles. The second-order valence-corrected chi connectivity index (χ2v) is 23.2. The molecule has 0 bridgehead atoms. The van der Waals surface area contributed by atoms with Crippen LogP contribution in [0.5, 0.6) is 0 Å². The molecule has 1 N–H and O–H groups in total. The Morgan fingerprint density at radius 1 is 0.432 bits per heavy atom. The SMILES string of the molecule is CC/C=C\C/C=C\C/C=C\C/C=C\C/C=C\CCCCCC(=O)OC(COC(=O)CCCCCCCCCCCCCCCCCCCCC/C=C\CCCCCCCCCC)COP(=O)(O)OCC[N+](C)(C)C. The summed E-state index contributed by atoms with van der Waals surface area (Å²) in [6.07, 6.45) is 72.8. The Morgan fingerprint density at radius 3 is 1.18 bits per heavy atom. The molecule has 0 fully saturated rings. The van der Waals surface area contributed by atoms with E-state index in [0.29, 0.717) is 17.4 Å². The number of nitrogens with zero attached hydrogens (tertiary/aromatic N) is 1. The average Bonchev–Trinajstić information content (AvgIpc) is 3.36. The van der Waals surface area contributed by atoms with E-state index in [0.717, 1.165) is 70.6 Å². The smallest absolute Gasteiger partial charge is 0.462 e. The normalized spacial score (nSPS) is 13.8. The van der Waals surface area contributed by atoms with Crippen molar-refractivity contribution in [1.82, 2.24) is 0 Å². The molecule has 0 heterocycles. The summed E-state index contributed by atoms with van der Waals surface area (Å²) < 4.78 is 34.5. The molecule has 0 saturated heterocycles. The van der Waals surface area contributed by atoms with Crippen LogP contribution in [0.1, 0.15) is 271 Å².